The average Bonchev–Trinajstić information content (AvgIpc) is 3.22. The van der Waals surface area contributed by atoms with Gasteiger partial charge in [-0.1, -0.05) is 31.2 Å². The second kappa shape index (κ2) is 4.82. The number of hydrogen-bond donors (Lipinski definition) is 1. The van der Waals surface area contributed by atoms with Gasteiger partial charge in [-0.15, -0.1) is 0 Å². The Balaban J connectivity index is 2.08. The van der Waals surface area contributed by atoms with Gasteiger partial charge < -0.3 is 9.67 Å². The smallest absolute Gasteiger partial charge is 0.337 e. The molecular weight excluding hydrogens is 250 g/mol. The van der Waals surface area contributed by atoms with Gasteiger partial charge in [-0.25, -0.2) is 4.79 Å². The molecule has 3 heteroatoms. The van der Waals surface area contributed by atoms with Crippen LogP contribution in [0.3, 0.4) is 0 Å². The van der Waals surface area contributed by atoms with E-state index in [9.17, 15) is 9.90 Å². The molecule has 0 bridgehead atoms. The van der Waals surface area contributed by atoms with E-state index in [1.54, 1.807) is 0 Å². The van der Waals surface area contributed by atoms with E-state index in [-0.39, 0.29) is 0 Å². The molecular formula is C17H19NO2. The molecule has 0 radical (unpaired) electrons. The third-order valence-corrected chi connectivity index (χ3v) is 4.13. The molecule has 1 aromatic carbocycles. The topological polar surface area (TPSA) is 42.2 Å². The van der Waals surface area contributed by atoms with Crippen LogP contribution >= 0.6 is 0 Å². The first-order chi connectivity index (χ1) is 9.61. The summed E-state index contributed by atoms with van der Waals surface area (Å²) >= 11 is 0. The number of rotatable bonds is 4. The van der Waals surface area contributed by atoms with Crippen molar-refractivity contribution in [1.82, 2.24) is 4.57 Å². The minimum Gasteiger partial charge on any atom is -0.478 e. The summed E-state index contributed by atoms with van der Waals surface area (Å²) in [5.74, 6) is -0.395. The van der Waals surface area contributed by atoms with Crippen LogP contribution < -0.4 is 0 Å². The molecule has 0 spiro atoms. The number of aromatic nitrogens is 1. The second-order valence-electron chi connectivity index (χ2n) is 5.52. The fraction of sp³-hybridized carbons (Fsp3) is 0.353. The third-order valence-electron chi connectivity index (χ3n) is 4.13. The summed E-state index contributed by atoms with van der Waals surface area (Å²) < 4.78 is 2.06. The van der Waals surface area contributed by atoms with Gasteiger partial charge in [0.2, 0.25) is 0 Å². The number of benzene rings is 1. The highest BCUT2D eigenvalue weighted by molar-refractivity contribution is 5.91. The minimum absolute atomic E-state index is 0.426. The molecule has 1 aliphatic rings. The monoisotopic (exact) mass is 269 g/mol. The Bertz CT molecular complexity index is 648. The Labute approximate surface area is 118 Å². The summed E-state index contributed by atoms with van der Waals surface area (Å²) in [5, 5.41) is 9.40. The highest BCUT2D eigenvalue weighted by Gasteiger charge is 2.32. The van der Waals surface area contributed by atoms with Crippen LogP contribution in [0.2, 0.25) is 0 Å². The molecule has 0 atom stereocenters. The first-order valence-electron chi connectivity index (χ1n) is 7.14. The molecule has 1 aliphatic carbocycles. The molecule has 0 unspecified atom stereocenters. The predicted octanol–water partition coefficient (Wildman–Crippen LogP) is 3.83. The van der Waals surface area contributed by atoms with Gasteiger partial charge in [-0.3, -0.25) is 0 Å². The number of aryl methyl sites for hydroxylation is 1. The molecule has 1 aromatic heterocycles. The highest BCUT2D eigenvalue weighted by atomic mass is 16.4. The van der Waals surface area contributed by atoms with Crippen molar-refractivity contribution in [3.63, 3.8) is 0 Å². The molecule has 1 heterocycles. The molecule has 1 fully saturated rings. The zero-order valence-corrected chi connectivity index (χ0v) is 11.9. The normalized spacial score (nSPS) is 14.5. The van der Waals surface area contributed by atoms with Gasteiger partial charge in [0, 0.05) is 24.4 Å². The van der Waals surface area contributed by atoms with E-state index < -0.39 is 5.97 Å². The van der Waals surface area contributed by atoms with Gasteiger partial charge in [0.25, 0.3) is 0 Å². The maximum absolute atomic E-state index is 11.4. The summed E-state index contributed by atoms with van der Waals surface area (Å²) in [4.78, 5) is 11.4. The Morgan fingerprint density at radius 1 is 1.30 bits per heavy atom. The van der Waals surface area contributed by atoms with Crippen LogP contribution in [-0.2, 0) is 13.5 Å². The van der Waals surface area contributed by atoms with Crippen molar-refractivity contribution >= 4 is 5.97 Å². The van der Waals surface area contributed by atoms with E-state index in [1.165, 1.54) is 5.56 Å². The lowest BCUT2D eigenvalue weighted by atomic mass is 10.1. The fourth-order valence-electron chi connectivity index (χ4n) is 2.83. The van der Waals surface area contributed by atoms with Crippen molar-refractivity contribution in [2.75, 3.05) is 0 Å². The van der Waals surface area contributed by atoms with Crippen LogP contribution in [0.1, 0.15) is 47.3 Å². The number of carbonyl (C=O) groups is 1. The summed E-state index contributed by atoms with van der Waals surface area (Å²) in [5.41, 5.74) is 4.81. The number of carboxylic acids is 1. The number of aromatic carboxylic acids is 1. The Morgan fingerprint density at radius 3 is 2.45 bits per heavy atom. The lowest BCUT2D eigenvalue weighted by molar-refractivity contribution is 0.0695. The van der Waals surface area contributed by atoms with E-state index in [4.69, 9.17) is 0 Å². The van der Waals surface area contributed by atoms with Crippen LogP contribution in [0.25, 0.3) is 11.3 Å². The quantitative estimate of drug-likeness (QED) is 0.916. The molecule has 1 saturated carbocycles. The Hall–Kier alpha value is -2.03. The maximum Gasteiger partial charge on any atom is 0.337 e. The molecule has 0 aliphatic heterocycles. The second-order valence-corrected chi connectivity index (χ2v) is 5.52. The molecule has 1 N–H and O–H groups in total. The standard InChI is InChI=1S/C17H19NO2/c1-3-11-4-6-12(7-5-11)15-10-14(17(19)20)16(18(15)2)13-8-9-13/h4-7,10,13H,3,8-9H2,1-2H3,(H,19,20). The number of hydrogen-bond acceptors (Lipinski definition) is 1. The Morgan fingerprint density at radius 2 is 1.95 bits per heavy atom. The van der Waals surface area contributed by atoms with Gasteiger partial charge in [-0.05, 0) is 36.5 Å². The van der Waals surface area contributed by atoms with Crippen molar-refractivity contribution < 1.29 is 9.90 Å². The molecule has 20 heavy (non-hydrogen) atoms. The van der Waals surface area contributed by atoms with Gasteiger partial charge in [-0.2, -0.15) is 0 Å². The zero-order chi connectivity index (χ0) is 14.3. The predicted molar refractivity (Wildman–Crippen MR) is 79.2 cm³/mol. The van der Waals surface area contributed by atoms with Gasteiger partial charge in [0.05, 0.1) is 5.56 Å². The fourth-order valence-corrected chi connectivity index (χ4v) is 2.83. The van der Waals surface area contributed by atoms with Crippen LogP contribution in [0.4, 0.5) is 0 Å². The molecule has 2 aromatic rings. The van der Waals surface area contributed by atoms with Gasteiger partial charge in [0.1, 0.15) is 0 Å². The first kappa shape index (κ1) is 13.0. The van der Waals surface area contributed by atoms with Crippen LogP contribution in [0.5, 0.6) is 0 Å². The van der Waals surface area contributed by atoms with Gasteiger partial charge in [0.15, 0.2) is 0 Å². The molecule has 3 rings (SSSR count). The maximum atomic E-state index is 11.4. The van der Waals surface area contributed by atoms with Crippen LogP contribution in [0, 0.1) is 0 Å². The van der Waals surface area contributed by atoms with Crippen molar-refractivity contribution in [1.29, 1.82) is 0 Å². The molecule has 0 saturated heterocycles. The summed E-state index contributed by atoms with van der Waals surface area (Å²) in [6.45, 7) is 2.13. The van der Waals surface area contributed by atoms with Crippen molar-refractivity contribution in [2.24, 2.45) is 7.05 Å². The lowest BCUT2D eigenvalue weighted by Crippen LogP contribution is -2.03. The number of nitrogens with zero attached hydrogens (tertiary/aromatic N) is 1. The van der Waals surface area contributed by atoms with E-state index >= 15 is 0 Å². The molecule has 3 nitrogen and oxygen atoms in total. The minimum atomic E-state index is -0.820. The highest BCUT2D eigenvalue weighted by Crippen LogP contribution is 2.43. The van der Waals surface area contributed by atoms with E-state index in [0.29, 0.717) is 11.5 Å². The van der Waals surface area contributed by atoms with Crippen LogP contribution in [0.15, 0.2) is 30.3 Å². The third kappa shape index (κ3) is 2.13. The average molecular weight is 269 g/mol. The van der Waals surface area contributed by atoms with Crippen molar-refractivity contribution in [2.45, 2.75) is 32.1 Å². The number of carboxylic acid groups (broad SMARTS) is 1. The van der Waals surface area contributed by atoms with Gasteiger partial charge >= 0.3 is 5.97 Å². The van der Waals surface area contributed by atoms with Crippen molar-refractivity contribution in [3.8, 4) is 11.3 Å². The van der Waals surface area contributed by atoms with E-state index in [2.05, 4.69) is 35.8 Å². The summed E-state index contributed by atoms with van der Waals surface area (Å²) in [6, 6.07) is 10.2. The summed E-state index contributed by atoms with van der Waals surface area (Å²) in [7, 11) is 1.98. The lowest BCUT2D eigenvalue weighted by Gasteiger charge is -2.08. The largest absolute Gasteiger partial charge is 0.478 e. The molecule has 0 amide bonds. The SMILES string of the molecule is CCc1ccc(-c2cc(C(=O)O)c(C3CC3)n2C)cc1. The first-order valence-corrected chi connectivity index (χ1v) is 7.14. The van der Waals surface area contributed by atoms with Crippen molar-refractivity contribution in [3.05, 3.63) is 47.2 Å². The zero-order valence-electron chi connectivity index (χ0n) is 11.9. The van der Waals surface area contributed by atoms with E-state index in [0.717, 1.165) is 36.2 Å². The van der Waals surface area contributed by atoms with Crippen LogP contribution in [-0.4, -0.2) is 15.6 Å². The summed E-state index contributed by atoms with van der Waals surface area (Å²) in [6.07, 6.45) is 3.22. The molecule has 104 valence electrons. The van der Waals surface area contributed by atoms with E-state index in [1.807, 2.05) is 13.1 Å². The Kier molecular flexibility index (Phi) is 3.13.